The van der Waals surface area contributed by atoms with E-state index in [2.05, 4.69) is 21.2 Å². The molecule has 0 radical (unpaired) electrons. The Morgan fingerprint density at radius 2 is 1.77 bits per heavy atom. The molecular formula is C25H19BrFNO3. The Hall–Kier alpha value is -3.38. The maximum atomic E-state index is 14.1. The van der Waals surface area contributed by atoms with Crippen LogP contribution in [0.4, 0.5) is 10.1 Å². The number of benzene rings is 4. The zero-order valence-electron chi connectivity index (χ0n) is 16.7. The van der Waals surface area contributed by atoms with Crippen LogP contribution in [0.3, 0.4) is 0 Å². The standard InChI is InChI=1S/C25H19BrFNO3/c1-30-23-12-9-17(25(29)28-22-11-10-19(26)14-21(22)27)13-18(23)15-31-24-8-4-6-16-5-2-3-7-20(16)24/h2-14H,15H2,1H3,(H,28,29). The molecule has 6 heteroatoms. The predicted octanol–water partition coefficient (Wildman–Crippen LogP) is 6.58. The fourth-order valence-corrected chi connectivity index (χ4v) is 3.63. The first-order valence-electron chi connectivity index (χ1n) is 9.59. The zero-order valence-corrected chi connectivity index (χ0v) is 18.3. The van der Waals surface area contributed by atoms with Crippen LogP contribution >= 0.6 is 15.9 Å². The number of halogens is 2. The van der Waals surface area contributed by atoms with Crippen LogP contribution in [0.5, 0.6) is 11.5 Å². The highest BCUT2D eigenvalue weighted by Gasteiger charge is 2.14. The van der Waals surface area contributed by atoms with E-state index in [1.165, 1.54) is 12.1 Å². The van der Waals surface area contributed by atoms with Crippen molar-refractivity contribution >= 4 is 38.3 Å². The Labute approximate surface area is 187 Å². The summed E-state index contributed by atoms with van der Waals surface area (Å²) in [6, 6.07) is 23.3. The highest BCUT2D eigenvalue weighted by molar-refractivity contribution is 9.10. The van der Waals surface area contributed by atoms with Gasteiger partial charge >= 0.3 is 0 Å². The summed E-state index contributed by atoms with van der Waals surface area (Å²) >= 11 is 3.20. The number of anilines is 1. The van der Waals surface area contributed by atoms with E-state index >= 15 is 0 Å². The van der Waals surface area contributed by atoms with Crippen molar-refractivity contribution in [3.8, 4) is 11.5 Å². The van der Waals surface area contributed by atoms with Gasteiger partial charge in [0.15, 0.2) is 0 Å². The number of amides is 1. The first-order valence-corrected chi connectivity index (χ1v) is 10.4. The molecule has 4 aromatic carbocycles. The number of hydrogen-bond donors (Lipinski definition) is 1. The van der Waals surface area contributed by atoms with Crippen molar-refractivity contribution in [3.63, 3.8) is 0 Å². The molecule has 4 aromatic rings. The smallest absolute Gasteiger partial charge is 0.255 e. The Kier molecular flexibility index (Phi) is 6.18. The van der Waals surface area contributed by atoms with E-state index in [0.717, 1.165) is 16.5 Å². The predicted molar refractivity (Wildman–Crippen MR) is 123 cm³/mol. The highest BCUT2D eigenvalue weighted by atomic mass is 79.9. The third-order valence-corrected chi connectivity index (χ3v) is 5.35. The Morgan fingerprint density at radius 3 is 2.58 bits per heavy atom. The van der Waals surface area contributed by atoms with Crippen LogP contribution in [0.1, 0.15) is 15.9 Å². The van der Waals surface area contributed by atoms with Crippen molar-refractivity contribution in [2.45, 2.75) is 6.61 Å². The molecule has 0 aromatic heterocycles. The second-order valence-corrected chi connectivity index (χ2v) is 7.79. The van der Waals surface area contributed by atoms with Crippen molar-refractivity contribution < 1.29 is 18.7 Å². The molecular weight excluding hydrogens is 461 g/mol. The van der Waals surface area contributed by atoms with Crippen LogP contribution in [0.15, 0.2) is 83.3 Å². The fraction of sp³-hybridized carbons (Fsp3) is 0.0800. The molecule has 1 amide bonds. The SMILES string of the molecule is COc1ccc(C(=O)Nc2ccc(Br)cc2F)cc1COc1cccc2ccccc12. The number of nitrogens with one attached hydrogen (secondary N) is 1. The number of methoxy groups -OCH3 is 1. The van der Waals surface area contributed by atoms with Crippen molar-refractivity contribution in [3.05, 3.63) is 100 Å². The molecule has 0 aliphatic heterocycles. The summed E-state index contributed by atoms with van der Waals surface area (Å²) in [7, 11) is 1.56. The lowest BCUT2D eigenvalue weighted by Gasteiger charge is -2.14. The Morgan fingerprint density at radius 1 is 0.968 bits per heavy atom. The lowest BCUT2D eigenvalue weighted by molar-refractivity contribution is 0.102. The molecule has 0 saturated heterocycles. The van der Waals surface area contributed by atoms with Crippen LogP contribution < -0.4 is 14.8 Å². The van der Waals surface area contributed by atoms with Gasteiger partial charge in [-0.1, -0.05) is 52.3 Å². The van der Waals surface area contributed by atoms with Crippen molar-refractivity contribution in [1.82, 2.24) is 0 Å². The van der Waals surface area contributed by atoms with Crippen molar-refractivity contribution in [2.75, 3.05) is 12.4 Å². The lowest BCUT2D eigenvalue weighted by atomic mass is 10.1. The van der Waals surface area contributed by atoms with Gasteiger partial charge in [-0.3, -0.25) is 4.79 Å². The molecule has 0 aliphatic carbocycles. The monoisotopic (exact) mass is 479 g/mol. The van der Waals surface area contributed by atoms with E-state index in [0.29, 0.717) is 21.3 Å². The van der Waals surface area contributed by atoms with E-state index in [-0.39, 0.29) is 12.3 Å². The molecule has 0 spiro atoms. The molecule has 0 fully saturated rings. The minimum Gasteiger partial charge on any atom is -0.496 e. The first kappa shape index (κ1) is 20.9. The molecule has 0 heterocycles. The fourth-order valence-electron chi connectivity index (χ4n) is 3.30. The second kappa shape index (κ2) is 9.18. The average molecular weight is 480 g/mol. The summed E-state index contributed by atoms with van der Waals surface area (Å²) in [5.41, 5.74) is 1.19. The third-order valence-electron chi connectivity index (χ3n) is 4.85. The summed E-state index contributed by atoms with van der Waals surface area (Å²) in [6.07, 6.45) is 0. The average Bonchev–Trinajstić information content (AvgIpc) is 2.79. The molecule has 0 atom stereocenters. The van der Waals surface area contributed by atoms with Gasteiger partial charge in [0.25, 0.3) is 5.91 Å². The van der Waals surface area contributed by atoms with Gasteiger partial charge < -0.3 is 14.8 Å². The quantitative estimate of drug-likeness (QED) is 0.339. The highest BCUT2D eigenvalue weighted by Crippen LogP contribution is 2.28. The minimum atomic E-state index is -0.518. The Balaban J connectivity index is 1.56. The van der Waals surface area contributed by atoms with E-state index in [4.69, 9.17) is 9.47 Å². The van der Waals surface area contributed by atoms with Crippen molar-refractivity contribution in [2.24, 2.45) is 0 Å². The summed E-state index contributed by atoms with van der Waals surface area (Å²) in [4.78, 5) is 12.7. The van der Waals surface area contributed by atoms with Crippen LogP contribution in [-0.4, -0.2) is 13.0 Å². The Bertz CT molecular complexity index is 1250. The topological polar surface area (TPSA) is 47.6 Å². The van der Waals surface area contributed by atoms with Gasteiger partial charge in [0.2, 0.25) is 0 Å². The van der Waals surface area contributed by atoms with Gasteiger partial charge in [0.1, 0.15) is 23.9 Å². The lowest BCUT2D eigenvalue weighted by Crippen LogP contribution is -2.14. The van der Waals surface area contributed by atoms with Gasteiger partial charge in [-0.05, 0) is 47.9 Å². The molecule has 4 nitrogen and oxygen atoms in total. The number of ether oxygens (including phenoxy) is 2. The summed E-state index contributed by atoms with van der Waals surface area (Å²) in [5, 5.41) is 4.68. The number of hydrogen-bond acceptors (Lipinski definition) is 3. The normalized spacial score (nSPS) is 10.7. The summed E-state index contributed by atoms with van der Waals surface area (Å²) in [5.74, 6) is 0.407. The maximum Gasteiger partial charge on any atom is 0.255 e. The number of rotatable bonds is 6. The van der Waals surface area contributed by atoms with Gasteiger partial charge in [-0.25, -0.2) is 4.39 Å². The third kappa shape index (κ3) is 4.70. The molecule has 0 saturated carbocycles. The molecule has 0 aliphatic rings. The number of carbonyl (C=O) groups is 1. The summed E-state index contributed by atoms with van der Waals surface area (Å²) in [6.45, 7) is 0.213. The van der Waals surface area contributed by atoms with Gasteiger partial charge in [0, 0.05) is 21.0 Å². The van der Waals surface area contributed by atoms with Crippen LogP contribution in [0.25, 0.3) is 10.8 Å². The van der Waals surface area contributed by atoms with Crippen LogP contribution in [-0.2, 0) is 6.61 Å². The molecule has 31 heavy (non-hydrogen) atoms. The van der Waals surface area contributed by atoms with Gasteiger partial charge in [-0.15, -0.1) is 0 Å². The molecule has 156 valence electrons. The van der Waals surface area contributed by atoms with Crippen LogP contribution in [0.2, 0.25) is 0 Å². The van der Waals surface area contributed by atoms with Gasteiger partial charge in [0.05, 0.1) is 12.8 Å². The minimum absolute atomic E-state index is 0.109. The van der Waals surface area contributed by atoms with Crippen molar-refractivity contribution in [1.29, 1.82) is 0 Å². The zero-order chi connectivity index (χ0) is 21.8. The van der Waals surface area contributed by atoms with Crippen LogP contribution in [0, 0.1) is 5.82 Å². The van der Waals surface area contributed by atoms with E-state index in [1.54, 1.807) is 31.4 Å². The summed E-state index contributed by atoms with van der Waals surface area (Å²) < 4.78 is 26.2. The molecule has 1 N–H and O–H groups in total. The second-order valence-electron chi connectivity index (χ2n) is 6.87. The molecule has 0 bridgehead atoms. The van der Waals surface area contributed by atoms with E-state index < -0.39 is 11.7 Å². The van der Waals surface area contributed by atoms with E-state index in [1.807, 2.05) is 42.5 Å². The first-order chi connectivity index (χ1) is 15.0. The molecule has 4 rings (SSSR count). The largest absolute Gasteiger partial charge is 0.496 e. The van der Waals surface area contributed by atoms with Gasteiger partial charge in [-0.2, -0.15) is 0 Å². The number of carbonyl (C=O) groups excluding carboxylic acids is 1. The van der Waals surface area contributed by atoms with E-state index in [9.17, 15) is 9.18 Å². The maximum absolute atomic E-state index is 14.1. The number of fused-ring (bicyclic) bond motifs is 1. The molecule has 0 unspecified atom stereocenters.